The van der Waals surface area contributed by atoms with Gasteiger partial charge in [-0.25, -0.2) is 4.39 Å². The van der Waals surface area contributed by atoms with Gasteiger partial charge < -0.3 is 10.2 Å². The fraction of sp³-hybridized carbons (Fsp3) is 0.294. The second kappa shape index (κ2) is 7.05. The number of nitrogens with zero attached hydrogens (tertiary/aromatic N) is 1. The van der Waals surface area contributed by atoms with Gasteiger partial charge in [0, 0.05) is 24.1 Å². The van der Waals surface area contributed by atoms with Crippen molar-refractivity contribution in [2.24, 2.45) is 0 Å². The molecule has 0 amide bonds. The molecule has 4 heteroatoms. The lowest BCUT2D eigenvalue weighted by molar-refractivity contribution is 0.625. The second-order valence-electron chi connectivity index (χ2n) is 5.21. The smallest absolute Gasteiger partial charge is 0.123 e. The molecular weight excluding hydrogens is 331 g/mol. The van der Waals surface area contributed by atoms with Crippen LogP contribution in [0.5, 0.6) is 0 Å². The predicted octanol–water partition coefficient (Wildman–Crippen LogP) is 4.51. The van der Waals surface area contributed by atoms with Gasteiger partial charge in [0.25, 0.3) is 0 Å². The zero-order chi connectivity index (χ0) is 15.4. The molecule has 0 radical (unpaired) electrons. The van der Waals surface area contributed by atoms with Gasteiger partial charge in [-0.1, -0.05) is 18.2 Å². The molecule has 21 heavy (non-hydrogen) atoms. The predicted molar refractivity (Wildman–Crippen MR) is 90.1 cm³/mol. The minimum Gasteiger partial charge on any atom is -0.369 e. The van der Waals surface area contributed by atoms with Crippen LogP contribution in [0.25, 0.3) is 0 Å². The fourth-order valence-corrected chi connectivity index (χ4v) is 2.96. The topological polar surface area (TPSA) is 15.3 Å². The Morgan fingerprint density at radius 3 is 2.62 bits per heavy atom. The van der Waals surface area contributed by atoms with E-state index >= 15 is 0 Å². The highest BCUT2D eigenvalue weighted by atomic mass is 79.9. The van der Waals surface area contributed by atoms with E-state index < -0.39 is 0 Å². The van der Waals surface area contributed by atoms with E-state index in [0.717, 1.165) is 15.7 Å². The highest BCUT2D eigenvalue weighted by molar-refractivity contribution is 9.10. The maximum absolute atomic E-state index is 13.2. The van der Waals surface area contributed by atoms with Gasteiger partial charge in [0.1, 0.15) is 5.82 Å². The van der Waals surface area contributed by atoms with Crippen molar-refractivity contribution in [3.63, 3.8) is 0 Å². The van der Waals surface area contributed by atoms with E-state index in [-0.39, 0.29) is 5.82 Å². The molecule has 2 rings (SSSR count). The van der Waals surface area contributed by atoms with Gasteiger partial charge in [-0.2, -0.15) is 0 Å². The molecule has 112 valence electrons. The van der Waals surface area contributed by atoms with Gasteiger partial charge in [-0.3, -0.25) is 0 Å². The van der Waals surface area contributed by atoms with Gasteiger partial charge in [-0.05, 0) is 65.3 Å². The first kappa shape index (κ1) is 16.0. The number of halogens is 2. The highest BCUT2D eigenvalue weighted by Gasteiger charge is 2.10. The van der Waals surface area contributed by atoms with E-state index in [1.807, 2.05) is 20.2 Å². The lowest BCUT2D eigenvalue weighted by Crippen LogP contribution is -2.18. The Morgan fingerprint density at radius 2 is 2.00 bits per heavy atom. The number of hydrogen-bond acceptors (Lipinski definition) is 2. The number of nitrogens with one attached hydrogen (secondary N) is 1. The van der Waals surface area contributed by atoms with Crippen molar-refractivity contribution >= 4 is 21.6 Å². The molecule has 0 bridgehead atoms. The normalized spacial score (nSPS) is 12.2. The minimum atomic E-state index is -0.196. The quantitative estimate of drug-likeness (QED) is 0.853. The summed E-state index contributed by atoms with van der Waals surface area (Å²) in [6, 6.07) is 13.4. The average Bonchev–Trinajstić information content (AvgIpc) is 2.46. The Hall–Kier alpha value is -1.39. The molecule has 2 aromatic carbocycles. The first-order valence-electron chi connectivity index (χ1n) is 6.93. The highest BCUT2D eigenvalue weighted by Crippen LogP contribution is 2.29. The Bertz CT molecular complexity index is 615. The van der Waals surface area contributed by atoms with Crippen molar-refractivity contribution in [2.45, 2.75) is 19.5 Å². The van der Waals surface area contributed by atoms with Gasteiger partial charge in [0.2, 0.25) is 0 Å². The molecule has 0 saturated carbocycles. The lowest BCUT2D eigenvalue weighted by atomic mass is 10.1. The summed E-state index contributed by atoms with van der Waals surface area (Å²) in [5, 5.41) is 3.23. The van der Waals surface area contributed by atoms with Crippen LogP contribution < -0.4 is 10.2 Å². The number of rotatable bonds is 5. The number of hydrogen-bond donors (Lipinski definition) is 1. The molecule has 0 aliphatic carbocycles. The second-order valence-corrected chi connectivity index (χ2v) is 6.06. The van der Waals surface area contributed by atoms with Crippen molar-refractivity contribution in [3.8, 4) is 0 Å². The van der Waals surface area contributed by atoms with Crippen LogP contribution in [0.2, 0.25) is 0 Å². The van der Waals surface area contributed by atoms with Gasteiger partial charge in [-0.15, -0.1) is 0 Å². The van der Waals surface area contributed by atoms with Gasteiger partial charge >= 0.3 is 0 Å². The Morgan fingerprint density at radius 1 is 1.24 bits per heavy atom. The van der Waals surface area contributed by atoms with Crippen LogP contribution in [-0.2, 0) is 6.54 Å². The first-order chi connectivity index (χ1) is 10.0. The summed E-state index contributed by atoms with van der Waals surface area (Å²) >= 11 is 3.63. The summed E-state index contributed by atoms with van der Waals surface area (Å²) in [5.74, 6) is -0.196. The monoisotopic (exact) mass is 350 g/mol. The largest absolute Gasteiger partial charge is 0.369 e. The van der Waals surface area contributed by atoms with E-state index in [0.29, 0.717) is 12.6 Å². The van der Waals surface area contributed by atoms with Crippen molar-refractivity contribution in [1.29, 1.82) is 0 Å². The summed E-state index contributed by atoms with van der Waals surface area (Å²) in [6.45, 7) is 2.79. The van der Waals surface area contributed by atoms with E-state index in [4.69, 9.17) is 0 Å². The molecule has 0 aliphatic heterocycles. The molecule has 0 aromatic heterocycles. The lowest BCUT2D eigenvalue weighted by Gasteiger charge is -2.22. The summed E-state index contributed by atoms with van der Waals surface area (Å²) in [6.07, 6.45) is 0. The third-order valence-corrected chi connectivity index (χ3v) is 4.26. The molecule has 0 aliphatic rings. The van der Waals surface area contributed by atoms with Crippen molar-refractivity contribution in [1.82, 2.24) is 5.32 Å². The molecule has 1 atom stereocenters. The van der Waals surface area contributed by atoms with E-state index in [1.54, 1.807) is 12.1 Å². The van der Waals surface area contributed by atoms with Crippen LogP contribution in [0, 0.1) is 5.82 Å². The maximum atomic E-state index is 13.2. The van der Waals surface area contributed by atoms with Crippen LogP contribution >= 0.6 is 15.9 Å². The van der Waals surface area contributed by atoms with Crippen molar-refractivity contribution in [2.75, 3.05) is 19.0 Å². The SMILES string of the molecule is CNC(C)c1ccc(N(C)Cc2cccc(F)c2)c(Br)c1. The third-order valence-electron chi connectivity index (χ3n) is 3.62. The molecule has 0 saturated heterocycles. The zero-order valence-electron chi connectivity index (χ0n) is 12.5. The Labute approximate surface area is 134 Å². The van der Waals surface area contributed by atoms with E-state index in [2.05, 4.69) is 51.3 Å². The molecule has 0 spiro atoms. The standard InChI is InChI=1S/C17H20BrFN2/c1-12(20-2)14-7-8-17(16(18)10-14)21(3)11-13-5-4-6-15(19)9-13/h4-10,12,20H,11H2,1-3H3. The van der Waals surface area contributed by atoms with Crippen molar-refractivity contribution < 1.29 is 4.39 Å². The summed E-state index contributed by atoms with van der Waals surface area (Å²) in [4.78, 5) is 2.10. The molecular formula is C17H20BrFN2. The van der Waals surface area contributed by atoms with E-state index in [9.17, 15) is 4.39 Å². The molecule has 2 aromatic rings. The molecule has 1 N–H and O–H groups in total. The van der Waals surface area contributed by atoms with Crippen LogP contribution in [-0.4, -0.2) is 14.1 Å². The Kier molecular flexibility index (Phi) is 5.37. The third kappa shape index (κ3) is 4.05. The molecule has 2 nitrogen and oxygen atoms in total. The summed E-state index contributed by atoms with van der Waals surface area (Å²) < 4.78 is 14.3. The summed E-state index contributed by atoms with van der Waals surface area (Å²) in [7, 11) is 3.95. The molecule has 0 heterocycles. The maximum Gasteiger partial charge on any atom is 0.123 e. The van der Waals surface area contributed by atoms with Gasteiger partial charge in [0.15, 0.2) is 0 Å². The fourth-order valence-electron chi connectivity index (χ4n) is 2.26. The number of benzene rings is 2. The molecule has 1 unspecified atom stereocenters. The Balaban J connectivity index is 2.17. The van der Waals surface area contributed by atoms with Crippen LogP contribution in [0.3, 0.4) is 0 Å². The minimum absolute atomic E-state index is 0.196. The average molecular weight is 351 g/mol. The van der Waals surface area contributed by atoms with Crippen LogP contribution in [0.1, 0.15) is 24.1 Å². The summed E-state index contributed by atoms with van der Waals surface area (Å²) in [5.41, 5.74) is 3.27. The molecule has 0 fully saturated rings. The first-order valence-corrected chi connectivity index (χ1v) is 7.73. The van der Waals surface area contributed by atoms with Crippen LogP contribution in [0.4, 0.5) is 10.1 Å². The number of anilines is 1. The zero-order valence-corrected chi connectivity index (χ0v) is 14.1. The van der Waals surface area contributed by atoms with E-state index in [1.165, 1.54) is 11.6 Å². The van der Waals surface area contributed by atoms with Crippen LogP contribution in [0.15, 0.2) is 46.9 Å². The van der Waals surface area contributed by atoms with Crippen molar-refractivity contribution in [3.05, 3.63) is 63.9 Å². The van der Waals surface area contributed by atoms with Gasteiger partial charge in [0.05, 0.1) is 5.69 Å².